The van der Waals surface area contributed by atoms with E-state index in [1.807, 2.05) is 42.8 Å². The van der Waals surface area contributed by atoms with Crippen molar-refractivity contribution >= 4 is 22.9 Å². The number of amides is 1. The molecule has 0 bridgehead atoms. The third-order valence-electron chi connectivity index (χ3n) is 3.90. The summed E-state index contributed by atoms with van der Waals surface area (Å²) in [6, 6.07) is 7.86. The molecule has 2 atom stereocenters. The predicted octanol–water partition coefficient (Wildman–Crippen LogP) is 2.10. The van der Waals surface area contributed by atoms with Crippen LogP contribution in [0.25, 0.3) is 11.0 Å². The lowest BCUT2D eigenvalue weighted by atomic mass is 10.2. The van der Waals surface area contributed by atoms with Gasteiger partial charge in [-0.25, -0.2) is 4.98 Å². The molecule has 1 fully saturated rings. The van der Waals surface area contributed by atoms with E-state index >= 15 is 0 Å². The van der Waals surface area contributed by atoms with Crippen LogP contribution < -0.4 is 4.90 Å². The molecule has 1 aromatic heterocycles. The van der Waals surface area contributed by atoms with Gasteiger partial charge in [-0.15, -0.1) is 0 Å². The van der Waals surface area contributed by atoms with Gasteiger partial charge in [-0.1, -0.05) is 12.1 Å². The van der Waals surface area contributed by atoms with Gasteiger partial charge in [0, 0.05) is 14.1 Å². The van der Waals surface area contributed by atoms with Gasteiger partial charge in [-0.2, -0.15) is 0 Å². The number of hydrogen-bond acceptors (Lipinski definition) is 3. The Hall–Kier alpha value is -1.88. The van der Waals surface area contributed by atoms with Crippen LogP contribution in [0.2, 0.25) is 0 Å². The summed E-state index contributed by atoms with van der Waals surface area (Å²) in [6.45, 7) is 2.00. The highest BCUT2D eigenvalue weighted by atomic mass is 16.5. The van der Waals surface area contributed by atoms with Crippen LogP contribution in [0.5, 0.6) is 0 Å². The maximum atomic E-state index is 12.5. The number of para-hydroxylation sites is 2. The summed E-state index contributed by atoms with van der Waals surface area (Å²) >= 11 is 0. The number of carbonyl (C=O) groups is 1. The Balaban J connectivity index is 1.90. The van der Waals surface area contributed by atoms with Gasteiger partial charge in [-0.3, -0.25) is 9.69 Å². The van der Waals surface area contributed by atoms with Crippen molar-refractivity contribution in [2.45, 2.75) is 32.0 Å². The van der Waals surface area contributed by atoms with Crippen LogP contribution in [0, 0.1) is 0 Å². The number of nitrogens with zero attached hydrogens (tertiary/aromatic N) is 3. The standard InChI is InChI=1S/C15H19N3O2/c1-10-8-9-13(20-10)14(19)18(3)15-16-11-6-4-5-7-12(11)17(15)2/h4-7,10,13H,8-9H2,1-3H3/t10-,13+/m0/s1. The molecule has 1 saturated heterocycles. The minimum Gasteiger partial charge on any atom is -0.365 e. The Labute approximate surface area is 118 Å². The van der Waals surface area contributed by atoms with Crippen molar-refractivity contribution in [1.82, 2.24) is 9.55 Å². The molecule has 5 nitrogen and oxygen atoms in total. The van der Waals surface area contributed by atoms with Gasteiger partial charge >= 0.3 is 0 Å². The minimum atomic E-state index is -0.338. The summed E-state index contributed by atoms with van der Waals surface area (Å²) in [5.41, 5.74) is 1.91. The smallest absolute Gasteiger partial charge is 0.258 e. The number of aryl methyl sites for hydroxylation is 1. The van der Waals surface area contributed by atoms with Gasteiger partial charge in [0.25, 0.3) is 5.91 Å². The van der Waals surface area contributed by atoms with E-state index in [2.05, 4.69) is 4.98 Å². The average Bonchev–Trinajstić information content (AvgIpc) is 3.02. The third kappa shape index (κ3) is 2.08. The largest absolute Gasteiger partial charge is 0.365 e. The maximum Gasteiger partial charge on any atom is 0.258 e. The number of fused-ring (bicyclic) bond motifs is 1. The van der Waals surface area contributed by atoms with Gasteiger partial charge in [0.2, 0.25) is 5.95 Å². The second kappa shape index (κ2) is 4.90. The van der Waals surface area contributed by atoms with Gasteiger partial charge in [0.05, 0.1) is 17.1 Å². The second-order valence-corrected chi connectivity index (χ2v) is 5.37. The van der Waals surface area contributed by atoms with Gasteiger partial charge in [0.15, 0.2) is 0 Å². The number of likely N-dealkylation sites (N-methyl/N-ethyl adjacent to an activating group) is 1. The van der Waals surface area contributed by atoms with Gasteiger partial charge in [-0.05, 0) is 31.9 Å². The first-order valence-electron chi connectivity index (χ1n) is 6.92. The van der Waals surface area contributed by atoms with E-state index in [0.717, 1.165) is 23.9 Å². The predicted molar refractivity (Wildman–Crippen MR) is 77.7 cm³/mol. The van der Waals surface area contributed by atoms with Crippen LogP contribution in [-0.4, -0.2) is 34.7 Å². The fourth-order valence-electron chi connectivity index (χ4n) is 2.73. The van der Waals surface area contributed by atoms with Crippen molar-refractivity contribution in [3.05, 3.63) is 24.3 Å². The zero-order valence-corrected chi connectivity index (χ0v) is 12.0. The molecule has 3 rings (SSSR count). The van der Waals surface area contributed by atoms with Crippen LogP contribution >= 0.6 is 0 Å². The van der Waals surface area contributed by atoms with Crippen molar-refractivity contribution in [1.29, 1.82) is 0 Å². The van der Waals surface area contributed by atoms with Gasteiger partial charge < -0.3 is 9.30 Å². The summed E-state index contributed by atoms with van der Waals surface area (Å²) in [6.07, 6.45) is 1.55. The maximum absolute atomic E-state index is 12.5. The fraction of sp³-hybridized carbons (Fsp3) is 0.467. The lowest BCUT2D eigenvalue weighted by Crippen LogP contribution is -2.37. The molecular formula is C15H19N3O2. The van der Waals surface area contributed by atoms with E-state index in [4.69, 9.17) is 4.74 Å². The van der Waals surface area contributed by atoms with Crippen molar-refractivity contribution in [2.75, 3.05) is 11.9 Å². The average molecular weight is 273 g/mol. The van der Waals surface area contributed by atoms with Crippen LogP contribution in [0.3, 0.4) is 0 Å². The Morgan fingerprint density at radius 2 is 2.15 bits per heavy atom. The molecule has 0 unspecified atom stereocenters. The molecule has 2 heterocycles. The SMILES string of the molecule is C[C@H]1CC[C@H](C(=O)N(C)c2nc3ccccc3n2C)O1. The lowest BCUT2D eigenvalue weighted by Gasteiger charge is -2.20. The summed E-state index contributed by atoms with van der Waals surface area (Å²) < 4.78 is 7.59. The number of ether oxygens (including phenoxy) is 1. The molecular weight excluding hydrogens is 254 g/mol. The number of carbonyl (C=O) groups excluding carboxylic acids is 1. The summed E-state index contributed by atoms with van der Waals surface area (Å²) in [5, 5.41) is 0. The fourth-order valence-corrected chi connectivity index (χ4v) is 2.73. The van der Waals surface area contributed by atoms with Crippen LogP contribution in [-0.2, 0) is 16.6 Å². The highest BCUT2D eigenvalue weighted by molar-refractivity contribution is 5.96. The van der Waals surface area contributed by atoms with E-state index < -0.39 is 0 Å². The first kappa shape index (κ1) is 13.1. The van der Waals surface area contributed by atoms with Crippen LogP contribution in [0.15, 0.2) is 24.3 Å². The molecule has 0 aliphatic carbocycles. The highest BCUT2D eigenvalue weighted by Crippen LogP contribution is 2.24. The number of aromatic nitrogens is 2. The van der Waals surface area contributed by atoms with Gasteiger partial charge in [0.1, 0.15) is 6.10 Å². The summed E-state index contributed by atoms with van der Waals surface area (Å²) in [7, 11) is 3.68. The number of rotatable bonds is 2. The van der Waals surface area contributed by atoms with E-state index in [9.17, 15) is 4.79 Å². The molecule has 1 amide bonds. The normalized spacial score (nSPS) is 22.4. The topological polar surface area (TPSA) is 47.4 Å². The number of benzene rings is 1. The van der Waals surface area contributed by atoms with Crippen molar-refractivity contribution in [3.8, 4) is 0 Å². The Kier molecular flexibility index (Phi) is 3.22. The van der Waals surface area contributed by atoms with Crippen LogP contribution in [0.1, 0.15) is 19.8 Å². The van der Waals surface area contributed by atoms with Crippen molar-refractivity contribution in [2.24, 2.45) is 7.05 Å². The minimum absolute atomic E-state index is 0.0206. The molecule has 20 heavy (non-hydrogen) atoms. The monoisotopic (exact) mass is 273 g/mol. The molecule has 0 saturated carbocycles. The zero-order valence-electron chi connectivity index (χ0n) is 12.0. The molecule has 2 aromatic rings. The third-order valence-corrected chi connectivity index (χ3v) is 3.90. The van der Waals surface area contributed by atoms with E-state index in [0.29, 0.717) is 5.95 Å². The lowest BCUT2D eigenvalue weighted by molar-refractivity contribution is -0.128. The first-order chi connectivity index (χ1) is 9.58. The molecule has 0 N–H and O–H groups in total. The van der Waals surface area contributed by atoms with Crippen LogP contribution in [0.4, 0.5) is 5.95 Å². The molecule has 106 valence electrons. The molecule has 1 aliphatic heterocycles. The summed E-state index contributed by atoms with van der Waals surface area (Å²) in [4.78, 5) is 18.6. The summed E-state index contributed by atoms with van der Waals surface area (Å²) in [5.74, 6) is 0.632. The Morgan fingerprint density at radius 3 is 2.80 bits per heavy atom. The number of anilines is 1. The Morgan fingerprint density at radius 1 is 1.40 bits per heavy atom. The zero-order chi connectivity index (χ0) is 14.3. The van der Waals surface area contributed by atoms with Crippen molar-refractivity contribution in [3.63, 3.8) is 0 Å². The molecule has 0 radical (unpaired) electrons. The Bertz CT molecular complexity index is 650. The van der Waals surface area contributed by atoms with Crippen molar-refractivity contribution < 1.29 is 9.53 Å². The highest BCUT2D eigenvalue weighted by Gasteiger charge is 2.32. The first-order valence-corrected chi connectivity index (χ1v) is 6.92. The quantitative estimate of drug-likeness (QED) is 0.842. The molecule has 0 spiro atoms. The number of hydrogen-bond donors (Lipinski definition) is 0. The molecule has 1 aliphatic rings. The van der Waals surface area contributed by atoms with E-state index in [1.165, 1.54) is 0 Å². The van der Waals surface area contributed by atoms with E-state index in [-0.39, 0.29) is 18.1 Å². The molecule has 5 heteroatoms. The molecule has 1 aromatic carbocycles. The van der Waals surface area contributed by atoms with E-state index in [1.54, 1.807) is 11.9 Å². The number of imidazole rings is 1. The second-order valence-electron chi connectivity index (χ2n) is 5.37.